The fourth-order valence-corrected chi connectivity index (χ4v) is 3.34. The molecular formula is C19H26N4O2. The number of hydrogen-bond donors (Lipinski definition) is 3. The van der Waals surface area contributed by atoms with Crippen LogP contribution >= 0.6 is 0 Å². The Morgan fingerprint density at radius 2 is 2.20 bits per heavy atom. The van der Waals surface area contributed by atoms with Gasteiger partial charge >= 0.3 is 0 Å². The molecule has 1 saturated heterocycles. The number of carbonyl (C=O) groups is 1. The number of rotatable bonds is 6. The first-order valence-electron chi connectivity index (χ1n) is 8.92. The van der Waals surface area contributed by atoms with Crippen molar-refractivity contribution in [1.29, 1.82) is 0 Å². The normalized spacial score (nSPS) is 21.2. The van der Waals surface area contributed by atoms with Gasteiger partial charge in [-0.3, -0.25) is 14.8 Å². The molecule has 1 aromatic carbocycles. The van der Waals surface area contributed by atoms with Crippen LogP contribution in [-0.2, 0) is 13.0 Å². The third kappa shape index (κ3) is 4.46. The molecule has 1 amide bonds. The molecular weight excluding hydrogens is 316 g/mol. The van der Waals surface area contributed by atoms with Gasteiger partial charge < -0.3 is 10.4 Å². The van der Waals surface area contributed by atoms with Gasteiger partial charge in [0, 0.05) is 37.4 Å². The maximum Gasteiger partial charge on any atom is 0.272 e. The van der Waals surface area contributed by atoms with Crippen molar-refractivity contribution in [1.82, 2.24) is 20.4 Å². The van der Waals surface area contributed by atoms with Crippen LogP contribution in [0, 0.1) is 5.92 Å². The summed E-state index contributed by atoms with van der Waals surface area (Å²) in [5.74, 6) is -0.0958. The monoisotopic (exact) mass is 342 g/mol. The molecule has 2 heterocycles. The van der Waals surface area contributed by atoms with Gasteiger partial charge in [-0.25, -0.2) is 0 Å². The highest BCUT2D eigenvalue weighted by Crippen LogP contribution is 2.20. The van der Waals surface area contributed by atoms with Crippen LogP contribution in [0.15, 0.2) is 36.4 Å². The minimum Gasteiger partial charge on any atom is -0.396 e. The number of piperidine rings is 1. The number of aromatic amines is 1. The molecule has 1 aromatic heterocycles. The van der Waals surface area contributed by atoms with Gasteiger partial charge in [-0.1, -0.05) is 37.3 Å². The fraction of sp³-hybridized carbons (Fsp3) is 0.474. The standard InChI is InChI=1S/C19H26N4O2/c1-2-16-10-17(22-21-16)19(25)20-18-12-23(9-8-15(18)13-24)11-14-6-4-3-5-7-14/h3-7,10,15,18,24H,2,8-9,11-13H2,1H3,(H,20,25)(H,21,22)/t15-,18-/m0/s1. The molecule has 2 atom stereocenters. The maximum atomic E-state index is 12.5. The molecule has 2 aromatic rings. The van der Waals surface area contributed by atoms with Crippen molar-refractivity contribution in [3.8, 4) is 0 Å². The van der Waals surface area contributed by atoms with Gasteiger partial charge in [0.25, 0.3) is 5.91 Å². The number of carbonyl (C=O) groups excluding carboxylic acids is 1. The number of H-pyrrole nitrogens is 1. The molecule has 1 aliphatic heterocycles. The van der Waals surface area contributed by atoms with Gasteiger partial charge in [-0.2, -0.15) is 5.10 Å². The third-order valence-electron chi connectivity index (χ3n) is 4.88. The number of amides is 1. The highest BCUT2D eigenvalue weighted by Gasteiger charge is 2.30. The van der Waals surface area contributed by atoms with Crippen molar-refractivity contribution in [2.24, 2.45) is 5.92 Å². The lowest BCUT2D eigenvalue weighted by atomic mass is 9.91. The quantitative estimate of drug-likeness (QED) is 0.745. The Balaban J connectivity index is 1.63. The minimum absolute atomic E-state index is 0.0725. The van der Waals surface area contributed by atoms with E-state index in [1.165, 1.54) is 5.56 Å². The zero-order valence-electron chi connectivity index (χ0n) is 14.6. The Bertz CT molecular complexity index is 686. The molecule has 0 spiro atoms. The summed E-state index contributed by atoms with van der Waals surface area (Å²) in [7, 11) is 0. The number of likely N-dealkylation sites (tertiary alicyclic amines) is 1. The van der Waals surface area contributed by atoms with E-state index >= 15 is 0 Å². The summed E-state index contributed by atoms with van der Waals surface area (Å²) >= 11 is 0. The Morgan fingerprint density at radius 1 is 1.40 bits per heavy atom. The maximum absolute atomic E-state index is 12.5. The second kappa shape index (κ2) is 8.27. The number of nitrogens with zero attached hydrogens (tertiary/aromatic N) is 2. The Labute approximate surface area is 148 Å². The van der Waals surface area contributed by atoms with Gasteiger partial charge in [0.15, 0.2) is 0 Å². The van der Waals surface area contributed by atoms with Crippen LogP contribution in [0.25, 0.3) is 0 Å². The van der Waals surface area contributed by atoms with E-state index in [0.717, 1.165) is 38.2 Å². The average Bonchev–Trinajstić information content (AvgIpc) is 3.12. The Kier molecular flexibility index (Phi) is 5.83. The molecule has 6 heteroatoms. The Morgan fingerprint density at radius 3 is 2.88 bits per heavy atom. The highest BCUT2D eigenvalue weighted by molar-refractivity contribution is 5.92. The largest absolute Gasteiger partial charge is 0.396 e. The Hall–Kier alpha value is -2.18. The van der Waals surface area contributed by atoms with Gasteiger partial charge in [0.05, 0.1) is 0 Å². The number of benzene rings is 1. The fourth-order valence-electron chi connectivity index (χ4n) is 3.34. The van der Waals surface area contributed by atoms with E-state index in [0.29, 0.717) is 5.69 Å². The van der Waals surface area contributed by atoms with E-state index in [9.17, 15) is 9.90 Å². The predicted molar refractivity (Wildman–Crippen MR) is 96.1 cm³/mol. The van der Waals surface area contributed by atoms with E-state index in [-0.39, 0.29) is 24.5 Å². The molecule has 0 radical (unpaired) electrons. The number of nitrogens with one attached hydrogen (secondary N) is 2. The molecule has 1 fully saturated rings. The molecule has 3 rings (SSSR count). The summed E-state index contributed by atoms with van der Waals surface area (Å²) < 4.78 is 0. The smallest absolute Gasteiger partial charge is 0.272 e. The zero-order chi connectivity index (χ0) is 17.6. The van der Waals surface area contributed by atoms with Crippen molar-refractivity contribution >= 4 is 5.91 Å². The first kappa shape index (κ1) is 17.6. The van der Waals surface area contributed by atoms with E-state index < -0.39 is 0 Å². The van der Waals surface area contributed by atoms with Crippen LogP contribution in [0.1, 0.15) is 35.1 Å². The number of hydrogen-bond acceptors (Lipinski definition) is 4. The van der Waals surface area contributed by atoms with Crippen LogP contribution in [0.4, 0.5) is 0 Å². The van der Waals surface area contributed by atoms with Crippen LogP contribution in [0.2, 0.25) is 0 Å². The second-order valence-electron chi connectivity index (χ2n) is 6.66. The first-order valence-corrected chi connectivity index (χ1v) is 8.92. The van der Waals surface area contributed by atoms with Crippen molar-refractivity contribution in [3.63, 3.8) is 0 Å². The van der Waals surface area contributed by atoms with Crippen LogP contribution in [0.5, 0.6) is 0 Å². The average molecular weight is 342 g/mol. The summed E-state index contributed by atoms with van der Waals surface area (Å²) in [5.41, 5.74) is 2.61. The number of aliphatic hydroxyl groups excluding tert-OH is 1. The lowest BCUT2D eigenvalue weighted by Crippen LogP contribution is -2.53. The molecule has 6 nitrogen and oxygen atoms in total. The lowest BCUT2D eigenvalue weighted by Gasteiger charge is -2.38. The molecule has 3 N–H and O–H groups in total. The molecule has 0 saturated carbocycles. The van der Waals surface area contributed by atoms with E-state index in [1.54, 1.807) is 6.07 Å². The van der Waals surface area contributed by atoms with Crippen molar-refractivity contribution < 1.29 is 9.90 Å². The first-order chi connectivity index (χ1) is 12.2. The molecule has 134 valence electrons. The molecule has 25 heavy (non-hydrogen) atoms. The van der Waals surface area contributed by atoms with Crippen molar-refractivity contribution in [2.45, 2.75) is 32.4 Å². The summed E-state index contributed by atoms with van der Waals surface area (Å²) in [6.45, 7) is 4.62. The number of aromatic nitrogens is 2. The summed E-state index contributed by atoms with van der Waals surface area (Å²) in [4.78, 5) is 14.8. The van der Waals surface area contributed by atoms with Gasteiger partial charge in [0.1, 0.15) is 5.69 Å². The van der Waals surface area contributed by atoms with Crippen LogP contribution in [0.3, 0.4) is 0 Å². The predicted octanol–water partition coefficient (Wildman–Crippen LogP) is 1.58. The third-order valence-corrected chi connectivity index (χ3v) is 4.88. The van der Waals surface area contributed by atoms with E-state index in [2.05, 4.69) is 32.5 Å². The zero-order valence-corrected chi connectivity index (χ0v) is 14.6. The van der Waals surface area contributed by atoms with Gasteiger partial charge in [-0.05, 0) is 31.0 Å². The highest BCUT2D eigenvalue weighted by atomic mass is 16.3. The topological polar surface area (TPSA) is 81.2 Å². The van der Waals surface area contributed by atoms with Crippen molar-refractivity contribution in [2.75, 3.05) is 19.7 Å². The second-order valence-corrected chi connectivity index (χ2v) is 6.66. The molecule has 1 aliphatic rings. The minimum atomic E-state index is -0.180. The summed E-state index contributed by atoms with van der Waals surface area (Å²) in [6, 6.07) is 12.0. The summed E-state index contributed by atoms with van der Waals surface area (Å²) in [6.07, 6.45) is 1.68. The van der Waals surface area contributed by atoms with Gasteiger partial charge in [0.2, 0.25) is 0 Å². The number of aryl methyl sites for hydroxylation is 1. The van der Waals surface area contributed by atoms with E-state index in [4.69, 9.17) is 0 Å². The number of aliphatic hydroxyl groups is 1. The van der Waals surface area contributed by atoms with Gasteiger partial charge in [-0.15, -0.1) is 0 Å². The van der Waals surface area contributed by atoms with Crippen molar-refractivity contribution in [3.05, 3.63) is 53.3 Å². The van der Waals surface area contributed by atoms with Crippen LogP contribution < -0.4 is 5.32 Å². The van der Waals surface area contributed by atoms with Crippen LogP contribution in [-0.4, -0.2) is 51.8 Å². The molecule has 0 aliphatic carbocycles. The SMILES string of the molecule is CCc1cc(C(=O)N[C@H]2CN(Cc3ccccc3)CC[C@H]2CO)n[nH]1. The lowest BCUT2D eigenvalue weighted by molar-refractivity contribution is 0.0727. The molecule has 0 bridgehead atoms. The molecule has 0 unspecified atom stereocenters. The van der Waals surface area contributed by atoms with E-state index in [1.807, 2.05) is 25.1 Å². The summed E-state index contributed by atoms with van der Waals surface area (Å²) in [5, 5.41) is 19.7.